The van der Waals surface area contributed by atoms with Crippen molar-refractivity contribution in [2.75, 3.05) is 18.0 Å². The van der Waals surface area contributed by atoms with E-state index >= 15 is 0 Å². The molecule has 0 radical (unpaired) electrons. The molecule has 1 aliphatic rings. The van der Waals surface area contributed by atoms with Crippen LogP contribution in [0.1, 0.15) is 17.7 Å². The lowest BCUT2D eigenvalue weighted by molar-refractivity contribution is -0.274. The number of hydrogen-bond acceptors (Lipinski definition) is 6. The highest BCUT2D eigenvalue weighted by molar-refractivity contribution is 5.62. The highest BCUT2D eigenvalue weighted by Crippen LogP contribution is 2.28. The molecule has 10 heteroatoms. The quantitative estimate of drug-likeness (QED) is 0.405. The predicted octanol–water partition coefficient (Wildman–Crippen LogP) is 5.07. The third-order valence-corrected chi connectivity index (χ3v) is 5.41. The van der Waals surface area contributed by atoms with Crippen LogP contribution >= 0.6 is 0 Å². The van der Waals surface area contributed by atoms with E-state index in [1.807, 2.05) is 29.9 Å². The monoisotopic (exact) mass is 455 g/mol. The van der Waals surface area contributed by atoms with Crippen LogP contribution in [-0.2, 0) is 6.54 Å². The van der Waals surface area contributed by atoms with Gasteiger partial charge in [-0.2, -0.15) is 5.10 Å². The van der Waals surface area contributed by atoms with Crippen molar-refractivity contribution < 1.29 is 22.3 Å². The van der Waals surface area contributed by atoms with Gasteiger partial charge in [0.2, 0.25) is 5.89 Å². The molecular formula is C23H20F3N5O2. The van der Waals surface area contributed by atoms with Crippen LogP contribution in [0.5, 0.6) is 5.75 Å². The average molecular weight is 455 g/mol. The first kappa shape index (κ1) is 21.0. The summed E-state index contributed by atoms with van der Waals surface area (Å²) in [6.07, 6.45) is -0.275. The number of alkyl halides is 3. The van der Waals surface area contributed by atoms with E-state index < -0.39 is 6.36 Å². The number of aryl methyl sites for hydroxylation is 1. The van der Waals surface area contributed by atoms with Crippen LogP contribution in [-0.4, -0.2) is 39.2 Å². The SMILES string of the molecule is Cc1cc(-c2nc(-c3ccc(OC(F)(F)F)cc3)co2)nn1Cc1ccnc(N2CCC2)c1. The zero-order valence-corrected chi connectivity index (χ0v) is 17.7. The van der Waals surface area contributed by atoms with Crippen LogP contribution in [0, 0.1) is 6.92 Å². The van der Waals surface area contributed by atoms with Crippen molar-refractivity contribution in [2.24, 2.45) is 0 Å². The second-order valence-electron chi connectivity index (χ2n) is 7.80. The van der Waals surface area contributed by atoms with Gasteiger partial charge in [-0.15, -0.1) is 13.2 Å². The number of rotatable bonds is 6. The molecule has 0 amide bonds. The molecule has 1 saturated heterocycles. The zero-order valence-electron chi connectivity index (χ0n) is 17.7. The minimum absolute atomic E-state index is 0.294. The lowest BCUT2D eigenvalue weighted by Gasteiger charge is -2.32. The molecule has 7 nitrogen and oxygen atoms in total. The summed E-state index contributed by atoms with van der Waals surface area (Å²) >= 11 is 0. The second-order valence-corrected chi connectivity index (χ2v) is 7.80. The van der Waals surface area contributed by atoms with E-state index in [1.165, 1.54) is 36.9 Å². The molecule has 0 aliphatic carbocycles. The number of nitrogens with zero attached hydrogens (tertiary/aromatic N) is 5. The van der Waals surface area contributed by atoms with Crippen LogP contribution in [0.4, 0.5) is 19.0 Å². The molecule has 1 aromatic carbocycles. The molecule has 0 saturated carbocycles. The third kappa shape index (κ3) is 4.69. The van der Waals surface area contributed by atoms with Crippen molar-refractivity contribution in [3.63, 3.8) is 0 Å². The van der Waals surface area contributed by atoms with E-state index in [1.54, 1.807) is 0 Å². The van der Waals surface area contributed by atoms with E-state index in [-0.39, 0.29) is 5.75 Å². The van der Waals surface area contributed by atoms with Crippen molar-refractivity contribution in [3.05, 3.63) is 66.2 Å². The minimum Gasteiger partial charge on any atom is -0.443 e. The fourth-order valence-electron chi connectivity index (χ4n) is 3.58. The largest absolute Gasteiger partial charge is 0.573 e. The smallest absolute Gasteiger partial charge is 0.443 e. The Morgan fingerprint density at radius 1 is 1.06 bits per heavy atom. The Morgan fingerprint density at radius 3 is 2.55 bits per heavy atom. The molecule has 3 aromatic heterocycles. The number of ether oxygens (including phenoxy) is 1. The third-order valence-electron chi connectivity index (χ3n) is 5.41. The van der Waals surface area contributed by atoms with Crippen LogP contribution in [0.2, 0.25) is 0 Å². The Labute approximate surface area is 187 Å². The molecule has 1 aliphatic heterocycles. The summed E-state index contributed by atoms with van der Waals surface area (Å²) in [5.74, 6) is 1.02. The summed E-state index contributed by atoms with van der Waals surface area (Å²) in [6, 6.07) is 11.4. The summed E-state index contributed by atoms with van der Waals surface area (Å²) in [7, 11) is 0. The Kier molecular flexibility index (Phi) is 5.27. The van der Waals surface area contributed by atoms with Crippen LogP contribution in [0.3, 0.4) is 0 Å². The van der Waals surface area contributed by atoms with E-state index in [0.717, 1.165) is 30.2 Å². The number of aromatic nitrogens is 4. The summed E-state index contributed by atoms with van der Waals surface area (Å²) in [4.78, 5) is 11.1. The molecule has 4 heterocycles. The topological polar surface area (TPSA) is 69.2 Å². The van der Waals surface area contributed by atoms with Crippen LogP contribution in [0.15, 0.2) is 59.3 Å². The van der Waals surface area contributed by atoms with Gasteiger partial charge in [0, 0.05) is 30.5 Å². The molecule has 5 rings (SSSR count). The Hall–Kier alpha value is -3.82. The maximum absolute atomic E-state index is 12.3. The minimum atomic E-state index is -4.73. The van der Waals surface area contributed by atoms with E-state index in [0.29, 0.717) is 29.4 Å². The maximum atomic E-state index is 12.3. The standard InChI is InChI=1S/C23H20F3N5O2/c1-15-11-19(29-31(15)13-16-7-8-27-21(12-16)30-9-2-10-30)22-28-20(14-32-22)17-3-5-18(6-4-17)33-23(24,25)26/h3-8,11-12,14H,2,9-10,13H2,1H3. The number of anilines is 1. The first-order valence-corrected chi connectivity index (χ1v) is 10.4. The van der Waals surface area contributed by atoms with Crippen molar-refractivity contribution in [2.45, 2.75) is 26.3 Å². The molecule has 0 spiro atoms. The van der Waals surface area contributed by atoms with Gasteiger partial charge < -0.3 is 14.1 Å². The van der Waals surface area contributed by atoms with E-state index in [9.17, 15) is 13.2 Å². The molecule has 33 heavy (non-hydrogen) atoms. The fraction of sp³-hybridized carbons (Fsp3) is 0.261. The van der Waals surface area contributed by atoms with E-state index in [2.05, 4.69) is 30.8 Å². The Bertz CT molecular complexity index is 1260. The zero-order chi connectivity index (χ0) is 23.0. The maximum Gasteiger partial charge on any atom is 0.573 e. The number of pyridine rings is 1. The highest BCUT2D eigenvalue weighted by Gasteiger charge is 2.31. The van der Waals surface area contributed by atoms with Crippen molar-refractivity contribution in [1.29, 1.82) is 0 Å². The Balaban J connectivity index is 1.32. The predicted molar refractivity (Wildman–Crippen MR) is 115 cm³/mol. The lowest BCUT2D eigenvalue weighted by Crippen LogP contribution is -2.37. The average Bonchev–Trinajstić information content (AvgIpc) is 3.34. The fourth-order valence-corrected chi connectivity index (χ4v) is 3.58. The van der Waals surface area contributed by atoms with Crippen molar-refractivity contribution in [1.82, 2.24) is 19.7 Å². The molecule has 0 bridgehead atoms. The number of oxazole rings is 1. The normalized spacial score (nSPS) is 13.8. The second kappa shape index (κ2) is 8.27. The van der Waals surface area contributed by atoms with Crippen molar-refractivity contribution >= 4 is 5.82 Å². The van der Waals surface area contributed by atoms with E-state index in [4.69, 9.17) is 4.42 Å². The Morgan fingerprint density at radius 2 is 1.85 bits per heavy atom. The summed E-state index contributed by atoms with van der Waals surface area (Å²) in [6.45, 7) is 4.61. The van der Waals surface area contributed by atoms with Gasteiger partial charge in [0.05, 0.1) is 6.54 Å². The van der Waals surface area contributed by atoms with Gasteiger partial charge in [0.15, 0.2) is 0 Å². The van der Waals surface area contributed by atoms with Gasteiger partial charge in [-0.1, -0.05) is 0 Å². The first-order chi connectivity index (χ1) is 15.8. The number of hydrogen-bond donors (Lipinski definition) is 0. The summed E-state index contributed by atoms with van der Waals surface area (Å²) in [5, 5.41) is 4.63. The summed E-state index contributed by atoms with van der Waals surface area (Å²) < 4.78 is 48.4. The van der Waals surface area contributed by atoms with Crippen LogP contribution in [0.25, 0.3) is 22.8 Å². The molecular weight excluding hydrogens is 435 g/mol. The van der Waals surface area contributed by atoms with Gasteiger partial charge in [0.1, 0.15) is 29.2 Å². The summed E-state index contributed by atoms with van der Waals surface area (Å²) in [5.41, 5.74) is 3.71. The lowest BCUT2D eigenvalue weighted by atomic mass is 10.2. The number of halogens is 3. The van der Waals surface area contributed by atoms with Gasteiger partial charge >= 0.3 is 6.36 Å². The molecule has 0 atom stereocenters. The molecule has 4 aromatic rings. The molecule has 170 valence electrons. The van der Waals surface area contributed by atoms with Gasteiger partial charge in [-0.25, -0.2) is 9.97 Å². The highest BCUT2D eigenvalue weighted by atomic mass is 19.4. The van der Waals surface area contributed by atoms with Gasteiger partial charge in [-0.05, 0) is 61.4 Å². The van der Waals surface area contributed by atoms with Crippen LogP contribution < -0.4 is 9.64 Å². The molecule has 0 unspecified atom stereocenters. The molecule has 0 N–H and O–H groups in total. The first-order valence-electron chi connectivity index (χ1n) is 10.4. The van der Waals surface area contributed by atoms with Gasteiger partial charge in [0.25, 0.3) is 0 Å². The number of benzene rings is 1. The van der Waals surface area contributed by atoms with Gasteiger partial charge in [-0.3, -0.25) is 4.68 Å². The molecule has 1 fully saturated rings. The van der Waals surface area contributed by atoms with Crippen molar-refractivity contribution in [3.8, 4) is 28.6 Å².